The number of rotatable bonds is 2. The van der Waals surface area contributed by atoms with E-state index in [0.29, 0.717) is 11.3 Å². The quantitative estimate of drug-likeness (QED) is 0.361. The van der Waals surface area contributed by atoms with Crippen molar-refractivity contribution in [3.05, 3.63) is 0 Å². The summed E-state index contributed by atoms with van der Waals surface area (Å²) in [4.78, 5) is 1.68. The first-order chi connectivity index (χ1) is 5.22. The molecule has 2 unspecified atom stereocenters. The summed E-state index contributed by atoms with van der Waals surface area (Å²) < 4.78 is 0. The predicted molar refractivity (Wildman–Crippen MR) is 45.2 cm³/mol. The molecule has 0 aromatic carbocycles. The van der Waals surface area contributed by atoms with E-state index in [1.54, 1.807) is 4.90 Å². The van der Waals surface area contributed by atoms with Crippen LogP contribution in [0.25, 0.3) is 0 Å². The van der Waals surface area contributed by atoms with Gasteiger partial charge in [-0.3, -0.25) is 0 Å². The molecule has 0 spiro atoms. The molecule has 1 fully saturated rings. The molecule has 2 atom stereocenters. The molecule has 11 heavy (non-hydrogen) atoms. The van der Waals surface area contributed by atoms with Crippen molar-refractivity contribution in [2.24, 2.45) is 5.92 Å². The molecular formula is C8H13ClN2. The lowest BCUT2D eigenvalue weighted by Crippen LogP contribution is -2.19. The predicted octanol–water partition coefficient (Wildman–Crippen LogP) is 1.81. The van der Waals surface area contributed by atoms with Crippen molar-refractivity contribution >= 4 is 11.6 Å². The van der Waals surface area contributed by atoms with E-state index in [4.69, 9.17) is 16.9 Å². The van der Waals surface area contributed by atoms with Crippen molar-refractivity contribution in [2.45, 2.75) is 24.6 Å². The second-order valence-electron chi connectivity index (χ2n) is 3.26. The van der Waals surface area contributed by atoms with Crippen LogP contribution in [0, 0.1) is 17.4 Å². The van der Waals surface area contributed by atoms with Gasteiger partial charge in [0.05, 0.1) is 0 Å². The zero-order valence-electron chi connectivity index (χ0n) is 6.76. The van der Waals surface area contributed by atoms with Crippen LogP contribution in [0.3, 0.4) is 0 Å². The van der Waals surface area contributed by atoms with Crippen molar-refractivity contribution < 1.29 is 0 Å². The maximum atomic E-state index is 8.50. The van der Waals surface area contributed by atoms with Crippen molar-refractivity contribution in [3.8, 4) is 6.19 Å². The molecule has 2 nitrogen and oxygen atoms in total. The van der Waals surface area contributed by atoms with Gasteiger partial charge in [0.25, 0.3) is 0 Å². The van der Waals surface area contributed by atoms with Crippen LogP contribution >= 0.6 is 11.6 Å². The molecule has 0 amide bonds. The van der Waals surface area contributed by atoms with Crippen molar-refractivity contribution in [3.63, 3.8) is 0 Å². The molecule has 0 N–H and O–H groups in total. The lowest BCUT2D eigenvalue weighted by molar-refractivity contribution is 0.371. The Morgan fingerprint density at radius 2 is 2.36 bits per heavy atom. The molecule has 62 valence electrons. The zero-order valence-corrected chi connectivity index (χ0v) is 7.51. The lowest BCUT2D eigenvalue weighted by atomic mass is 10.1. The minimum absolute atomic E-state index is 0.354. The summed E-state index contributed by atoms with van der Waals surface area (Å²) in [7, 11) is 1.82. The van der Waals surface area contributed by atoms with Crippen molar-refractivity contribution in [1.29, 1.82) is 5.26 Å². The number of nitriles is 1. The molecule has 1 saturated carbocycles. The van der Waals surface area contributed by atoms with Gasteiger partial charge in [-0.25, -0.2) is 0 Å². The van der Waals surface area contributed by atoms with Crippen LogP contribution in [-0.2, 0) is 0 Å². The average Bonchev–Trinajstić information content (AvgIpc) is 2.35. The molecule has 0 aromatic rings. The number of halogens is 1. The fourth-order valence-corrected chi connectivity index (χ4v) is 1.99. The highest BCUT2D eigenvalue weighted by Crippen LogP contribution is 2.29. The Kier molecular flexibility index (Phi) is 3.02. The van der Waals surface area contributed by atoms with Gasteiger partial charge in [0.15, 0.2) is 6.19 Å². The van der Waals surface area contributed by atoms with Gasteiger partial charge in [-0.1, -0.05) is 0 Å². The van der Waals surface area contributed by atoms with E-state index in [2.05, 4.69) is 6.19 Å². The first-order valence-corrected chi connectivity index (χ1v) is 4.41. The summed E-state index contributed by atoms with van der Waals surface area (Å²) in [5.41, 5.74) is 0. The monoisotopic (exact) mass is 172 g/mol. The normalized spacial score (nSPS) is 29.9. The molecule has 0 saturated heterocycles. The smallest absolute Gasteiger partial charge is 0.179 e. The largest absolute Gasteiger partial charge is 0.313 e. The van der Waals surface area contributed by atoms with Crippen LogP contribution in [0.2, 0.25) is 0 Å². The van der Waals surface area contributed by atoms with E-state index in [9.17, 15) is 0 Å². The third kappa shape index (κ3) is 2.59. The zero-order chi connectivity index (χ0) is 8.27. The van der Waals surface area contributed by atoms with Gasteiger partial charge in [0.2, 0.25) is 0 Å². The lowest BCUT2D eigenvalue weighted by Gasteiger charge is -2.13. The molecule has 0 bridgehead atoms. The Bertz CT molecular complexity index is 164. The molecule has 3 heteroatoms. The van der Waals surface area contributed by atoms with E-state index < -0.39 is 0 Å². The maximum absolute atomic E-state index is 8.50. The molecule has 1 aliphatic carbocycles. The summed E-state index contributed by atoms with van der Waals surface area (Å²) in [6, 6.07) is 0. The van der Waals surface area contributed by atoms with Gasteiger partial charge in [0, 0.05) is 19.0 Å². The number of hydrogen-bond donors (Lipinski definition) is 0. The fourth-order valence-electron chi connectivity index (χ4n) is 1.61. The van der Waals surface area contributed by atoms with Crippen molar-refractivity contribution in [1.82, 2.24) is 4.90 Å². The van der Waals surface area contributed by atoms with Crippen LogP contribution in [-0.4, -0.2) is 23.9 Å². The van der Waals surface area contributed by atoms with E-state index in [0.717, 1.165) is 19.4 Å². The van der Waals surface area contributed by atoms with Gasteiger partial charge in [-0.05, 0) is 25.2 Å². The van der Waals surface area contributed by atoms with E-state index in [1.165, 1.54) is 6.42 Å². The van der Waals surface area contributed by atoms with E-state index in [-0.39, 0.29) is 0 Å². The highest BCUT2D eigenvalue weighted by molar-refractivity contribution is 6.20. The minimum Gasteiger partial charge on any atom is -0.313 e. The first-order valence-electron chi connectivity index (χ1n) is 3.97. The molecule has 0 heterocycles. The standard InChI is InChI=1S/C8H13ClN2/c1-11(6-10)5-7-2-3-8(9)4-7/h7-8H,2-5H2,1H3. The minimum atomic E-state index is 0.354. The Morgan fingerprint density at radius 1 is 1.64 bits per heavy atom. The molecule has 0 radical (unpaired) electrons. The summed E-state index contributed by atoms with van der Waals surface area (Å²) in [6.45, 7) is 0.875. The topological polar surface area (TPSA) is 27.0 Å². The maximum Gasteiger partial charge on any atom is 0.179 e. The van der Waals surface area contributed by atoms with Crippen LogP contribution < -0.4 is 0 Å². The number of nitrogens with zero attached hydrogens (tertiary/aromatic N) is 2. The van der Waals surface area contributed by atoms with Crippen LogP contribution in [0.15, 0.2) is 0 Å². The summed E-state index contributed by atoms with van der Waals surface area (Å²) in [5, 5.41) is 8.86. The SMILES string of the molecule is CN(C#N)CC1CCC(Cl)C1. The Labute approximate surface area is 72.7 Å². The summed E-state index contributed by atoms with van der Waals surface area (Å²) >= 11 is 5.93. The Morgan fingerprint density at radius 3 is 2.82 bits per heavy atom. The summed E-state index contributed by atoms with van der Waals surface area (Å²) in [5.74, 6) is 0.641. The second kappa shape index (κ2) is 3.82. The number of alkyl halides is 1. The summed E-state index contributed by atoms with van der Waals surface area (Å²) in [6.07, 6.45) is 5.47. The number of hydrogen-bond acceptors (Lipinski definition) is 2. The van der Waals surface area contributed by atoms with Crippen LogP contribution in [0.5, 0.6) is 0 Å². The van der Waals surface area contributed by atoms with Crippen LogP contribution in [0.1, 0.15) is 19.3 Å². The van der Waals surface area contributed by atoms with Crippen LogP contribution in [0.4, 0.5) is 0 Å². The van der Waals surface area contributed by atoms with Gasteiger partial charge >= 0.3 is 0 Å². The third-order valence-corrected chi connectivity index (χ3v) is 2.58. The highest BCUT2D eigenvalue weighted by atomic mass is 35.5. The molecule has 0 aliphatic heterocycles. The van der Waals surface area contributed by atoms with E-state index >= 15 is 0 Å². The van der Waals surface area contributed by atoms with Gasteiger partial charge in [-0.2, -0.15) is 5.26 Å². The molecule has 1 rings (SSSR count). The second-order valence-corrected chi connectivity index (χ2v) is 3.87. The third-order valence-electron chi connectivity index (χ3n) is 2.18. The Hall–Kier alpha value is -0.420. The van der Waals surface area contributed by atoms with Gasteiger partial charge < -0.3 is 4.90 Å². The highest BCUT2D eigenvalue weighted by Gasteiger charge is 2.23. The average molecular weight is 173 g/mol. The fraction of sp³-hybridized carbons (Fsp3) is 0.875. The van der Waals surface area contributed by atoms with E-state index in [1.807, 2.05) is 7.05 Å². The van der Waals surface area contributed by atoms with Crippen molar-refractivity contribution in [2.75, 3.05) is 13.6 Å². The molecule has 0 aromatic heterocycles. The van der Waals surface area contributed by atoms with Gasteiger partial charge in [-0.15, -0.1) is 11.6 Å². The Balaban J connectivity index is 2.24. The molecular weight excluding hydrogens is 160 g/mol. The van der Waals surface area contributed by atoms with Gasteiger partial charge in [0.1, 0.15) is 0 Å². The molecule has 1 aliphatic rings. The first kappa shape index (κ1) is 8.67.